The van der Waals surface area contributed by atoms with E-state index < -0.39 is 0 Å². The van der Waals surface area contributed by atoms with Crippen LogP contribution in [0.25, 0.3) is 89.0 Å². The highest BCUT2D eigenvalue weighted by Crippen LogP contribution is 2.38. The molecule has 0 spiro atoms. The summed E-state index contributed by atoms with van der Waals surface area (Å²) in [5.74, 6) is 0. The second-order valence-electron chi connectivity index (χ2n) is 11.7. The molecule has 0 bridgehead atoms. The molecule has 5 heteroatoms. The summed E-state index contributed by atoms with van der Waals surface area (Å²) in [6.45, 7) is 0. The van der Waals surface area contributed by atoms with E-state index in [0.29, 0.717) is 0 Å². The van der Waals surface area contributed by atoms with Crippen molar-refractivity contribution in [1.29, 1.82) is 0 Å². The minimum absolute atomic E-state index is 0.798. The quantitative estimate of drug-likeness (QED) is 0.181. The number of aromatic nitrogens is 5. The predicted octanol–water partition coefficient (Wildman–Crippen LogP) is 10.5. The fourth-order valence-corrected chi connectivity index (χ4v) is 6.44. The molecule has 0 fully saturated rings. The van der Waals surface area contributed by atoms with E-state index in [1.165, 1.54) is 0 Å². The molecule has 0 amide bonds. The van der Waals surface area contributed by atoms with Gasteiger partial charge in [0.2, 0.25) is 0 Å². The third-order valence-electron chi connectivity index (χ3n) is 8.78. The largest absolute Gasteiger partial charge is 0.255 e. The summed E-state index contributed by atoms with van der Waals surface area (Å²) in [4.78, 5) is 24.6. The summed E-state index contributed by atoms with van der Waals surface area (Å²) in [5.41, 5.74) is 11.2. The minimum atomic E-state index is 0.798. The van der Waals surface area contributed by atoms with Crippen LogP contribution < -0.4 is 0 Å². The molecule has 0 aliphatic carbocycles. The van der Waals surface area contributed by atoms with Gasteiger partial charge in [0.1, 0.15) is 0 Å². The van der Waals surface area contributed by atoms with Gasteiger partial charge >= 0.3 is 0 Å². The van der Waals surface area contributed by atoms with Gasteiger partial charge in [0.15, 0.2) is 0 Å². The molecule has 0 aliphatic rings. The molecule has 0 atom stereocenters. The average Bonchev–Trinajstić information content (AvgIpc) is 3.18. The van der Waals surface area contributed by atoms with Crippen molar-refractivity contribution in [1.82, 2.24) is 24.9 Å². The van der Waals surface area contributed by atoms with E-state index in [0.717, 1.165) is 89.0 Å². The third-order valence-corrected chi connectivity index (χ3v) is 8.78. The van der Waals surface area contributed by atoms with Gasteiger partial charge in [-0.1, -0.05) is 103 Å². The summed E-state index contributed by atoms with van der Waals surface area (Å²) in [5, 5.41) is 4.38. The zero-order valence-electron chi connectivity index (χ0n) is 25.8. The number of rotatable bonds is 5. The van der Waals surface area contributed by atoms with E-state index in [1.54, 1.807) is 12.4 Å². The maximum absolute atomic E-state index is 5.28. The molecular weight excluding hydrogens is 587 g/mol. The second kappa shape index (κ2) is 11.6. The summed E-state index contributed by atoms with van der Waals surface area (Å²) < 4.78 is 0. The van der Waals surface area contributed by atoms with Crippen LogP contribution in [-0.2, 0) is 0 Å². The highest BCUT2D eigenvalue weighted by Gasteiger charge is 2.16. The van der Waals surface area contributed by atoms with Gasteiger partial charge in [-0.2, -0.15) is 0 Å². The predicted molar refractivity (Wildman–Crippen MR) is 195 cm³/mol. The van der Waals surface area contributed by atoms with Crippen molar-refractivity contribution in [3.8, 4) is 56.4 Å². The number of nitrogens with zero attached hydrogens (tertiary/aromatic N) is 5. The van der Waals surface area contributed by atoms with Gasteiger partial charge in [0, 0.05) is 34.3 Å². The van der Waals surface area contributed by atoms with E-state index in [-0.39, 0.29) is 0 Å². The first-order chi connectivity index (χ1) is 23.8. The Morgan fingerprint density at radius 1 is 0.312 bits per heavy atom. The molecule has 0 radical (unpaired) electrons. The smallest absolute Gasteiger partial charge is 0.0972 e. The molecule has 9 aromatic rings. The lowest BCUT2D eigenvalue weighted by molar-refractivity contribution is 1.22. The minimum Gasteiger partial charge on any atom is -0.255 e. The number of fused-ring (bicyclic) bond motifs is 4. The van der Waals surface area contributed by atoms with Gasteiger partial charge in [-0.25, -0.2) is 15.0 Å². The SMILES string of the molecule is c1ccc(-c2ccc3ccc4ccc(-c5ccc(-c6cc(-c7ccccn7)nc(-c7ccccn7)c6)c6ccccc56)nc4c3n2)cc1. The Morgan fingerprint density at radius 3 is 1.46 bits per heavy atom. The Kier molecular flexibility index (Phi) is 6.72. The molecule has 5 aromatic heterocycles. The molecule has 48 heavy (non-hydrogen) atoms. The van der Waals surface area contributed by atoms with Crippen LogP contribution in [0, 0.1) is 0 Å². The van der Waals surface area contributed by atoms with Gasteiger partial charge in [-0.05, 0) is 70.4 Å². The molecule has 0 unspecified atom stereocenters. The molecule has 5 nitrogen and oxygen atoms in total. The molecule has 0 aliphatic heterocycles. The Balaban J connectivity index is 1.22. The van der Waals surface area contributed by atoms with Gasteiger partial charge < -0.3 is 0 Å². The maximum Gasteiger partial charge on any atom is 0.0972 e. The normalized spacial score (nSPS) is 11.3. The first-order valence-corrected chi connectivity index (χ1v) is 15.9. The van der Waals surface area contributed by atoms with Gasteiger partial charge in [-0.3, -0.25) is 9.97 Å². The van der Waals surface area contributed by atoms with Crippen LogP contribution in [0.5, 0.6) is 0 Å². The van der Waals surface area contributed by atoms with Crippen LogP contribution in [0.15, 0.2) is 164 Å². The van der Waals surface area contributed by atoms with Crippen LogP contribution >= 0.6 is 0 Å². The lowest BCUT2D eigenvalue weighted by atomic mass is 9.92. The van der Waals surface area contributed by atoms with E-state index in [2.05, 4.69) is 107 Å². The Labute approximate surface area is 277 Å². The van der Waals surface area contributed by atoms with Crippen LogP contribution in [0.3, 0.4) is 0 Å². The van der Waals surface area contributed by atoms with Crippen LogP contribution in [0.1, 0.15) is 0 Å². The third kappa shape index (κ3) is 4.95. The monoisotopic (exact) mass is 613 g/mol. The van der Waals surface area contributed by atoms with Crippen molar-refractivity contribution in [2.75, 3.05) is 0 Å². The summed E-state index contributed by atoms with van der Waals surface area (Å²) in [7, 11) is 0. The maximum atomic E-state index is 5.28. The standard InChI is InChI=1S/C43H27N5/c1-2-10-28(11-3-1)36-22-18-29-16-17-30-19-23-37(48-43(30)42(29)47-36)35-21-20-32(33-12-4-5-13-34(33)35)31-26-40(38-14-6-8-24-44-38)46-41(27-31)39-15-7-9-25-45-39/h1-27H. The zero-order valence-corrected chi connectivity index (χ0v) is 25.8. The molecule has 0 saturated heterocycles. The van der Waals surface area contributed by atoms with E-state index >= 15 is 0 Å². The van der Waals surface area contributed by atoms with Crippen molar-refractivity contribution in [2.24, 2.45) is 0 Å². The lowest BCUT2D eigenvalue weighted by Gasteiger charge is -2.14. The summed E-state index contributed by atoms with van der Waals surface area (Å²) in [6.07, 6.45) is 3.60. The van der Waals surface area contributed by atoms with E-state index in [9.17, 15) is 0 Å². The lowest BCUT2D eigenvalue weighted by Crippen LogP contribution is -1.95. The topological polar surface area (TPSA) is 64.5 Å². The average molecular weight is 614 g/mol. The molecule has 9 rings (SSSR count). The number of hydrogen-bond acceptors (Lipinski definition) is 5. The molecule has 4 aromatic carbocycles. The van der Waals surface area contributed by atoms with E-state index in [4.69, 9.17) is 15.0 Å². The van der Waals surface area contributed by atoms with Crippen molar-refractivity contribution >= 4 is 32.6 Å². The first kappa shape index (κ1) is 27.7. The highest BCUT2D eigenvalue weighted by molar-refractivity contribution is 6.07. The van der Waals surface area contributed by atoms with Crippen molar-refractivity contribution in [2.45, 2.75) is 0 Å². The molecular formula is C43H27N5. The molecule has 224 valence electrons. The van der Waals surface area contributed by atoms with Gasteiger partial charge in [-0.15, -0.1) is 0 Å². The highest BCUT2D eigenvalue weighted by atomic mass is 14.8. The Morgan fingerprint density at radius 2 is 0.833 bits per heavy atom. The molecule has 0 saturated carbocycles. The number of pyridine rings is 5. The Hall–Kier alpha value is -6.59. The van der Waals surface area contributed by atoms with Crippen molar-refractivity contribution in [3.63, 3.8) is 0 Å². The first-order valence-electron chi connectivity index (χ1n) is 15.9. The molecule has 0 N–H and O–H groups in total. The van der Waals surface area contributed by atoms with E-state index in [1.807, 2.05) is 54.6 Å². The second-order valence-corrected chi connectivity index (χ2v) is 11.7. The van der Waals surface area contributed by atoms with Crippen LogP contribution in [0.2, 0.25) is 0 Å². The van der Waals surface area contributed by atoms with Crippen LogP contribution in [0.4, 0.5) is 0 Å². The van der Waals surface area contributed by atoms with Gasteiger partial charge in [0.25, 0.3) is 0 Å². The fourth-order valence-electron chi connectivity index (χ4n) is 6.44. The summed E-state index contributed by atoms with van der Waals surface area (Å²) >= 11 is 0. The van der Waals surface area contributed by atoms with Crippen molar-refractivity contribution < 1.29 is 0 Å². The molecule has 5 heterocycles. The van der Waals surface area contributed by atoms with Gasteiger partial charge in [0.05, 0.1) is 45.2 Å². The number of hydrogen-bond donors (Lipinski definition) is 0. The number of benzene rings is 4. The summed E-state index contributed by atoms with van der Waals surface area (Å²) in [6, 6.07) is 51.9. The van der Waals surface area contributed by atoms with Crippen molar-refractivity contribution in [3.05, 3.63) is 164 Å². The zero-order chi connectivity index (χ0) is 31.9. The fraction of sp³-hybridized carbons (Fsp3) is 0. The Bertz CT molecular complexity index is 2550. The van der Waals surface area contributed by atoms with Crippen LogP contribution in [-0.4, -0.2) is 24.9 Å².